The lowest BCUT2D eigenvalue weighted by Gasteiger charge is -2.14. The third-order valence-electron chi connectivity index (χ3n) is 4.85. The van der Waals surface area contributed by atoms with Gasteiger partial charge < -0.3 is 20.3 Å². The summed E-state index contributed by atoms with van der Waals surface area (Å²) in [5, 5.41) is 18.2. The molecule has 3 N–H and O–H groups in total. The van der Waals surface area contributed by atoms with Crippen molar-refractivity contribution >= 4 is 27.4 Å². The van der Waals surface area contributed by atoms with Gasteiger partial charge >= 0.3 is 0 Å². The van der Waals surface area contributed by atoms with Crippen LogP contribution in [0.25, 0.3) is 10.1 Å². The molecular formula is C20H25N5OS. The number of benzene rings is 1. The standard InChI is InChI=1S/C20H25N5OS/c1-21-20(22-11-15-13-25-9-5-4-8-19(25)24-15)23-12-16(26)18-10-14-6-2-3-7-17(14)27-18/h2-3,6-7,10,13,16,26H,4-5,8-9,11-12H2,1H3,(H2,21,22,23). The Labute approximate surface area is 163 Å². The van der Waals surface area contributed by atoms with Crippen molar-refractivity contribution in [3.8, 4) is 0 Å². The highest BCUT2D eigenvalue weighted by molar-refractivity contribution is 7.19. The van der Waals surface area contributed by atoms with Crippen molar-refractivity contribution in [3.05, 3.63) is 52.9 Å². The van der Waals surface area contributed by atoms with Crippen LogP contribution in [0.2, 0.25) is 0 Å². The fraction of sp³-hybridized carbons (Fsp3) is 0.400. The van der Waals surface area contributed by atoms with Gasteiger partial charge in [0.15, 0.2) is 5.96 Å². The molecule has 3 heterocycles. The third-order valence-corrected chi connectivity index (χ3v) is 6.07. The first kappa shape index (κ1) is 18.0. The summed E-state index contributed by atoms with van der Waals surface area (Å²) in [6.45, 7) is 2.10. The minimum atomic E-state index is -0.569. The second kappa shape index (κ2) is 8.10. The smallest absolute Gasteiger partial charge is 0.191 e. The molecule has 0 saturated carbocycles. The number of guanidine groups is 1. The van der Waals surface area contributed by atoms with Crippen LogP contribution < -0.4 is 10.6 Å². The molecule has 0 aliphatic carbocycles. The zero-order valence-electron chi connectivity index (χ0n) is 15.5. The van der Waals surface area contributed by atoms with Gasteiger partial charge in [-0.05, 0) is 30.4 Å². The minimum absolute atomic E-state index is 0.409. The molecular weight excluding hydrogens is 358 g/mol. The Bertz CT molecular complexity index is 888. The lowest BCUT2D eigenvalue weighted by Crippen LogP contribution is -2.39. The van der Waals surface area contributed by atoms with Crippen molar-refractivity contribution in [2.24, 2.45) is 4.99 Å². The number of hydrogen-bond acceptors (Lipinski definition) is 4. The van der Waals surface area contributed by atoms with Gasteiger partial charge in [-0.15, -0.1) is 11.3 Å². The monoisotopic (exact) mass is 383 g/mol. The van der Waals surface area contributed by atoms with Crippen LogP contribution in [0.1, 0.15) is 35.3 Å². The van der Waals surface area contributed by atoms with E-state index < -0.39 is 6.10 Å². The molecule has 142 valence electrons. The Morgan fingerprint density at radius 3 is 3.04 bits per heavy atom. The maximum Gasteiger partial charge on any atom is 0.191 e. The van der Waals surface area contributed by atoms with Gasteiger partial charge in [-0.2, -0.15) is 0 Å². The predicted octanol–water partition coefficient (Wildman–Crippen LogP) is 2.83. The molecule has 1 unspecified atom stereocenters. The van der Waals surface area contributed by atoms with E-state index in [9.17, 15) is 5.11 Å². The van der Waals surface area contributed by atoms with Crippen LogP contribution >= 0.6 is 11.3 Å². The summed E-state index contributed by atoms with van der Waals surface area (Å²) >= 11 is 1.63. The SMILES string of the molecule is CN=C(NCc1cn2c(n1)CCCC2)NCC(O)c1cc2ccccc2s1. The number of aryl methyl sites for hydroxylation is 2. The van der Waals surface area contributed by atoms with Gasteiger partial charge in [0.2, 0.25) is 0 Å². The van der Waals surface area contributed by atoms with E-state index in [4.69, 9.17) is 4.98 Å². The van der Waals surface area contributed by atoms with Gasteiger partial charge in [0.25, 0.3) is 0 Å². The highest BCUT2D eigenvalue weighted by atomic mass is 32.1. The summed E-state index contributed by atoms with van der Waals surface area (Å²) in [6, 6.07) is 10.2. The number of nitrogens with one attached hydrogen (secondary N) is 2. The van der Waals surface area contributed by atoms with Crippen LogP contribution in [-0.2, 0) is 19.5 Å². The highest BCUT2D eigenvalue weighted by Gasteiger charge is 2.14. The molecule has 0 radical (unpaired) electrons. The first-order valence-corrected chi connectivity index (χ1v) is 10.2. The molecule has 2 aromatic heterocycles. The van der Waals surface area contributed by atoms with E-state index in [0.29, 0.717) is 19.0 Å². The van der Waals surface area contributed by atoms with E-state index in [1.807, 2.05) is 12.1 Å². The van der Waals surface area contributed by atoms with Crippen molar-refractivity contribution in [1.82, 2.24) is 20.2 Å². The quantitative estimate of drug-likeness (QED) is 0.468. The highest BCUT2D eigenvalue weighted by Crippen LogP contribution is 2.29. The summed E-state index contributed by atoms with van der Waals surface area (Å²) < 4.78 is 3.44. The van der Waals surface area contributed by atoms with Crippen LogP contribution in [0.4, 0.5) is 0 Å². The van der Waals surface area contributed by atoms with Crippen LogP contribution in [-0.4, -0.2) is 34.2 Å². The van der Waals surface area contributed by atoms with E-state index in [0.717, 1.165) is 23.5 Å². The lowest BCUT2D eigenvalue weighted by molar-refractivity contribution is 0.184. The van der Waals surface area contributed by atoms with Gasteiger partial charge in [-0.1, -0.05) is 18.2 Å². The van der Waals surface area contributed by atoms with Crippen molar-refractivity contribution in [3.63, 3.8) is 0 Å². The number of fused-ring (bicyclic) bond motifs is 2. The number of thiophene rings is 1. The molecule has 0 saturated heterocycles. The number of rotatable bonds is 5. The summed E-state index contributed by atoms with van der Waals surface area (Å²) in [6.07, 6.45) is 5.08. The fourth-order valence-corrected chi connectivity index (χ4v) is 4.46. The van der Waals surface area contributed by atoms with Crippen LogP contribution in [0.15, 0.2) is 41.5 Å². The number of hydrogen-bond donors (Lipinski definition) is 3. The molecule has 0 fully saturated rings. The van der Waals surface area contributed by atoms with E-state index >= 15 is 0 Å². The minimum Gasteiger partial charge on any atom is -0.386 e. The Balaban J connectivity index is 1.31. The summed E-state index contributed by atoms with van der Waals surface area (Å²) in [5.41, 5.74) is 1.03. The Kier molecular flexibility index (Phi) is 5.40. The largest absolute Gasteiger partial charge is 0.386 e. The summed E-state index contributed by atoms with van der Waals surface area (Å²) in [5.74, 6) is 1.85. The zero-order chi connectivity index (χ0) is 18.6. The molecule has 0 bridgehead atoms. The second-order valence-corrected chi connectivity index (χ2v) is 7.92. The summed E-state index contributed by atoms with van der Waals surface area (Å²) in [4.78, 5) is 9.90. The number of aliphatic imine (C=N–C) groups is 1. The van der Waals surface area contributed by atoms with Gasteiger partial charge in [0, 0.05) is 42.3 Å². The molecule has 0 amide bonds. The molecule has 1 aliphatic heterocycles. The fourth-order valence-electron chi connectivity index (χ4n) is 3.41. The van der Waals surface area contributed by atoms with Crippen molar-refractivity contribution in [2.75, 3.05) is 13.6 Å². The number of nitrogens with zero attached hydrogens (tertiary/aromatic N) is 3. The second-order valence-electron chi connectivity index (χ2n) is 6.81. The molecule has 0 spiro atoms. The van der Waals surface area contributed by atoms with E-state index in [1.54, 1.807) is 18.4 Å². The van der Waals surface area contributed by atoms with Crippen molar-refractivity contribution < 1.29 is 5.11 Å². The maximum atomic E-state index is 10.5. The Morgan fingerprint density at radius 2 is 2.22 bits per heavy atom. The third kappa shape index (κ3) is 4.14. The first-order valence-electron chi connectivity index (χ1n) is 9.39. The van der Waals surface area contributed by atoms with Gasteiger partial charge in [0.05, 0.1) is 12.2 Å². The van der Waals surface area contributed by atoms with E-state index in [-0.39, 0.29) is 0 Å². The average molecular weight is 384 g/mol. The number of imidazole rings is 1. The molecule has 1 aromatic carbocycles. The Hall–Kier alpha value is -2.38. The van der Waals surface area contributed by atoms with Crippen LogP contribution in [0.5, 0.6) is 0 Å². The van der Waals surface area contributed by atoms with Gasteiger partial charge in [0.1, 0.15) is 11.9 Å². The van der Waals surface area contributed by atoms with Crippen LogP contribution in [0, 0.1) is 0 Å². The average Bonchev–Trinajstić information content (AvgIpc) is 3.31. The predicted molar refractivity (Wildman–Crippen MR) is 110 cm³/mol. The van der Waals surface area contributed by atoms with Crippen LogP contribution in [0.3, 0.4) is 0 Å². The number of aromatic nitrogens is 2. The normalized spacial score (nSPS) is 15.6. The van der Waals surface area contributed by atoms with Crippen molar-refractivity contribution in [2.45, 2.75) is 38.5 Å². The number of aliphatic hydroxyl groups is 1. The van der Waals surface area contributed by atoms with Gasteiger partial charge in [-0.25, -0.2) is 4.98 Å². The number of aliphatic hydroxyl groups excluding tert-OH is 1. The maximum absolute atomic E-state index is 10.5. The van der Waals surface area contributed by atoms with E-state index in [1.165, 1.54) is 28.8 Å². The van der Waals surface area contributed by atoms with Gasteiger partial charge in [-0.3, -0.25) is 4.99 Å². The van der Waals surface area contributed by atoms with Crippen molar-refractivity contribution in [1.29, 1.82) is 0 Å². The first-order chi connectivity index (χ1) is 13.2. The molecule has 7 heteroatoms. The molecule has 3 aromatic rings. The Morgan fingerprint density at radius 1 is 1.33 bits per heavy atom. The molecule has 6 nitrogen and oxygen atoms in total. The molecule has 1 atom stereocenters. The molecule has 27 heavy (non-hydrogen) atoms. The molecule has 1 aliphatic rings. The topological polar surface area (TPSA) is 74.5 Å². The molecule has 4 rings (SSSR count). The summed E-state index contributed by atoms with van der Waals surface area (Å²) in [7, 11) is 1.74. The lowest BCUT2D eigenvalue weighted by atomic mass is 10.2. The zero-order valence-corrected chi connectivity index (χ0v) is 16.3. The van der Waals surface area contributed by atoms with E-state index in [2.05, 4.69) is 44.6 Å².